The normalized spacial score (nSPS) is 18.9. The molecule has 2 atom stereocenters. The van der Waals surface area contributed by atoms with E-state index >= 15 is 0 Å². The van der Waals surface area contributed by atoms with E-state index < -0.39 is 11.7 Å². The second-order valence-corrected chi connectivity index (χ2v) is 12.5. The van der Waals surface area contributed by atoms with Crippen LogP contribution >= 0.6 is 0 Å². The van der Waals surface area contributed by atoms with Gasteiger partial charge in [-0.15, -0.1) is 0 Å². The third-order valence-corrected chi connectivity index (χ3v) is 8.43. The Bertz CT molecular complexity index is 1170. The molecule has 1 aliphatic heterocycles. The molecule has 2 aliphatic rings. The van der Waals surface area contributed by atoms with Crippen LogP contribution in [0.25, 0.3) is 0 Å². The van der Waals surface area contributed by atoms with Gasteiger partial charge in [0.1, 0.15) is 0 Å². The van der Waals surface area contributed by atoms with Crippen LogP contribution in [0.3, 0.4) is 0 Å². The summed E-state index contributed by atoms with van der Waals surface area (Å²) in [6.07, 6.45) is 8.62. The van der Waals surface area contributed by atoms with Crippen molar-refractivity contribution in [1.82, 2.24) is 0 Å². The summed E-state index contributed by atoms with van der Waals surface area (Å²) >= 11 is 0. The highest BCUT2D eigenvalue weighted by Gasteiger charge is 2.34. The molecule has 46 heavy (non-hydrogen) atoms. The first kappa shape index (κ1) is 41.1. The molecular weight excluding hydrogens is 577 g/mol. The van der Waals surface area contributed by atoms with Crippen LogP contribution in [-0.2, 0) is 6.42 Å². The Hall–Kier alpha value is -2.95. The van der Waals surface area contributed by atoms with E-state index in [4.69, 9.17) is 0 Å². The molecule has 0 saturated carbocycles. The fourth-order valence-corrected chi connectivity index (χ4v) is 5.85. The van der Waals surface area contributed by atoms with Gasteiger partial charge in [0.05, 0.1) is 5.57 Å². The van der Waals surface area contributed by atoms with Crippen LogP contribution in [-0.4, -0.2) is 32.4 Å². The van der Waals surface area contributed by atoms with Crippen LogP contribution in [0.4, 0.5) is 24.5 Å². The largest absolute Gasteiger partial charge is 0.416 e. The first-order chi connectivity index (χ1) is 22.0. The number of alkyl halides is 3. The summed E-state index contributed by atoms with van der Waals surface area (Å²) in [6, 6.07) is 19.8. The zero-order chi connectivity index (χ0) is 34.6. The van der Waals surface area contributed by atoms with Crippen molar-refractivity contribution in [3.05, 3.63) is 96.1 Å². The van der Waals surface area contributed by atoms with E-state index in [0.29, 0.717) is 6.42 Å². The zero-order valence-corrected chi connectivity index (χ0v) is 30.2. The van der Waals surface area contributed by atoms with Crippen molar-refractivity contribution in [3.63, 3.8) is 0 Å². The van der Waals surface area contributed by atoms with E-state index in [2.05, 4.69) is 106 Å². The minimum atomic E-state index is -4.17. The molecule has 1 saturated heterocycles. The molecule has 4 rings (SSSR count). The third kappa shape index (κ3) is 13.8. The second kappa shape index (κ2) is 21.8. The number of piperidine rings is 1. The van der Waals surface area contributed by atoms with Crippen molar-refractivity contribution in [1.29, 1.82) is 0 Å². The summed E-state index contributed by atoms with van der Waals surface area (Å²) in [7, 11) is 0. The van der Waals surface area contributed by atoms with Crippen LogP contribution in [0.15, 0.2) is 90.6 Å². The minimum Gasteiger partial charge on any atom is -0.371 e. The maximum Gasteiger partial charge on any atom is 0.416 e. The average Bonchev–Trinajstić information content (AvgIpc) is 3.06. The van der Waals surface area contributed by atoms with Gasteiger partial charge in [0, 0.05) is 43.0 Å². The molecule has 2 aromatic rings. The molecule has 0 aromatic heterocycles. The zero-order valence-electron chi connectivity index (χ0n) is 30.2. The Labute approximate surface area is 280 Å². The van der Waals surface area contributed by atoms with Crippen LogP contribution in [0.1, 0.15) is 106 Å². The Morgan fingerprint density at radius 3 is 2.17 bits per heavy atom. The SMILES string of the molecule is C=C(CCCN(CCC)c1ccccc1CC)C1(C)CCCN(c2ccccc2)C1.CC.CC1C=CC(C(F)(F)F)=CC1.CCC. The van der Waals surface area contributed by atoms with Gasteiger partial charge in [-0.05, 0) is 74.6 Å². The van der Waals surface area contributed by atoms with Gasteiger partial charge in [-0.25, -0.2) is 0 Å². The number of benzene rings is 2. The van der Waals surface area contributed by atoms with Crippen LogP contribution < -0.4 is 9.80 Å². The standard InChI is InChI=1S/C28H40N2.C8H9F3.C3H8.C2H6/c1-5-20-29(27-18-11-10-15-25(27)6-2)21-12-14-24(3)28(4)19-13-22-30(23-28)26-16-8-7-9-17-26;1-6-2-4-7(5-3-6)8(9,10)11;1-3-2;1-2/h7-11,15-18H,3,5-6,12-14,19-23H2,1-2,4H3;2,4-6H,3H2,1H3;3H2,1-2H3;1-2H3. The summed E-state index contributed by atoms with van der Waals surface area (Å²) in [5.74, 6) is 0.237. The highest BCUT2D eigenvalue weighted by Crippen LogP contribution is 2.39. The lowest BCUT2D eigenvalue weighted by atomic mass is 9.74. The minimum absolute atomic E-state index is 0.213. The fraction of sp³-hybridized carbons (Fsp3) is 0.561. The van der Waals surface area contributed by atoms with Crippen molar-refractivity contribution in [3.8, 4) is 0 Å². The lowest BCUT2D eigenvalue weighted by molar-refractivity contribution is -0.0887. The Morgan fingerprint density at radius 2 is 1.61 bits per heavy atom. The molecule has 0 amide bonds. The Morgan fingerprint density at radius 1 is 0.978 bits per heavy atom. The fourth-order valence-electron chi connectivity index (χ4n) is 5.85. The molecule has 5 heteroatoms. The number of aryl methyl sites for hydroxylation is 1. The first-order valence-corrected chi connectivity index (χ1v) is 17.8. The van der Waals surface area contributed by atoms with Gasteiger partial charge in [0.25, 0.3) is 0 Å². The number of anilines is 2. The number of nitrogens with zero attached hydrogens (tertiary/aromatic N) is 2. The summed E-state index contributed by atoms with van der Waals surface area (Å²) in [4.78, 5) is 5.14. The van der Waals surface area contributed by atoms with Crippen molar-refractivity contribution in [2.45, 2.75) is 113 Å². The van der Waals surface area contributed by atoms with Gasteiger partial charge in [-0.3, -0.25) is 0 Å². The molecule has 0 bridgehead atoms. The molecule has 1 fully saturated rings. The highest BCUT2D eigenvalue weighted by molar-refractivity contribution is 5.53. The van der Waals surface area contributed by atoms with Gasteiger partial charge in [-0.2, -0.15) is 13.2 Å². The summed E-state index contributed by atoms with van der Waals surface area (Å²) in [5.41, 5.74) is 5.36. The average molecular weight is 641 g/mol. The Balaban J connectivity index is 0.000000548. The summed E-state index contributed by atoms with van der Waals surface area (Å²) in [5, 5.41) is 0. The molecule has 0 spiro atoms. The van der Waals surface area contributed by atoms with Crippen molar-refractivity contribution in [2.24, 2.45) is 11.3 Å². The first-order valence-electron chi connectivity index (χ1n) is 17.8. The van der Waals surface area contributed by atoms with Crippen molar-refractivity contribution >= 4 is 11.4 Å². The lowest BCUT2D eigenvalue weighted by Gasteiger charge is -2.43. The van der Waals surface area contributed by atoms with E-state index in [9.17, 15) is 13.2 Å². The molecule has 2 nitrogen and oxygen atoms in total. The summed E-state index contributed by atoms with van der Waals surface area (Å²) < 4.78 is 35.8. The number of hydrogen-bond donors (Lipinski definition) is 0. The third-order valence-electron chi connectivity index (χ3n) is 8.43. The predicted molar refractivity (Wildman–Crippen MR) is 197 cm³/mol. The highest BCUT2D eigenvalue weighted by atomic mass is 19.4. The van der Waals surface area contributed by atoms with E-state index in [1.165, 1.54) is 60.7 Å². The van der Waals surface area contributed by atoms with Gasteiger partial charge in [0.15, 0.2) is 0 Å². The lowest BCUT2D eigenvalue weighted by Crippen LogP contribution is -2.42. The summed E-state index contributed by atoms with van der Waals surface area (Å²) in [6.45, 7) is 26.2. The van der Waals surface area contributed by atoms with E-state index in [-0.39, 0.29) is 11.3 Å². The Kier molecular flexibility index (Phi) is 19.4. The van der Waals surface area contributed by atoms with Gasteiger partial charge < -0.3 is 9.80 Å². The van der Waals surface area contributed by atoms with Crippen molar-refractivity contribution in [2.75, 3.05) is 36.0 Å². The topological polar surface area (TPSA) is 6.48 Å². The van der Waals surface area contributed by atoms with Gasteiger partial charge in [-0.1, -0.05) is 129 Å². The maximum atomic E-state index is 11.9. The molecule has 1 heterocycles. The van der Waals surface area contributed by atoms with E-state index in [1.54, 1.807) is 6.08 Å². The number of allylic oxidation sites excluding steroid dienone is 4. The molecule has 2 unspecified atom stereocenters. The van der Waals surface area contributed by atoms with Gasteiger partial charge >= 0.3 is 6.18 Å². The quantitative estimate of drug-likeness (QED) is 0.238. The molecule has 0 radical (unpaired) electrons. The predicted octanol–water partition coefficient (Wildman–Crippen LogP) is 12.6. The molecule has 0 N–H and O–H groups in total. The number of para-hydroxylation sites is 2. The molecule has 258 valence electrons. The smallest absolute Gasteiger partial charge is 0.371 e. The molecule has 1 aliphatic carbocycles. The van der Waals surface area contributed by atoms with Gasteiger partial charge in [0.2, 0.25) is 0 Å². The number of halogens is 3. The van der Waals surface area contributed by atoms with Crippen LogP contribution in [0.5, 0.6) is 0 Å². The number of rotatable bonds is 10. The van der Waals surface area contributed by atoms with Crippen LogP contribution in [0.2, 0.25) is 0 Å². The number of hydrogen-bond acceptors (Lipinski definition) is 2. The molecule has 2 aromatic carbocycles. The molecular formula is C41H63F3N2. The van der Waals surface area contributed by atoms with Crippen LogP contribution in [0, 0.1) is 11.3 Å². The van der Waals surface area contributed by atoms with E-state index in [1.807, 2.05) is 20.8 Å². The second-order valence-electron chi connectivity index (χ2n) is 12.5. The monoisotopic (exact) mass is 640 g/mol. The van der Waals surface area contributed by atoms with Crippen molar-refractivity contribution < 1.29 is 13.2 Å². The maximum absolute atomic E-state index is 11.9. The van der Waals surface area contributed by atoms with E-state index in [0.717, 1.165) is 45.1 Å².